The molecule has 4 heteroatoms. The van der Waals surface area contributed by atoms with E-state index in [1.165, 1.54) is 32.1 Å². The van der Waals surface area contributed by atoms with Crippen molar-refractivity contribution in [1.29, 1.82) is 0 Å². The lowest BCUT2D eigenvalue weighted by molar-refractivity contribution is -0.117. The topological polar surface area (TPSA) is 41.5 Å². The molecule has 2 fully saturated rings. The lowest BCUT2D eigenvalue weighted by Crippen LogP contribution is -2.32. The number of rotatable bonds is 3. The molecule has 3 rings (SSSR count). The Balaban J connectivity index is 1.46. The summed E-state index contributed by atoms with van der Waals surface area (Å²) in [5.41, 5.74) is 1.71. The minimum Gasteiger partial charge on any atom is -0.312 e. The van der Waals surface area contributed by atoms with Crippen molar-refractivity contribution in [2.45, 2.75) is 49.3 Å². The molecule has 1 aliphatic heterocycles. The third-order valence-electron chi connectivity index (χ3n) is 4.08. The van der Waals surface area contributed by atoms with Gasteiger partial charge in [-0.05, 0) is 31.7 Å². The van der Waals surface area contributed by atoms with E-state index in [1.54, 1.807) is 17.3 Å². The Kier molecular flexibility index (Phi) is 2.80. The van der Waals surface area contributed by atoms with Crippen LogP contribution in [0.2, 0.25) is 0 Å². The van der Waals surface area contributed by atoms with Gasteiger partial charge in [0.15, 0.2) is 0 Å². The van der Waals surface area contributed by atoms with Crippen molar-refractivity contribution in [2.24, 2.45) is 10.9 Å². The molecule has 1 spiro atoms. The molecule has 3 nitrogen and oxygen atoms in total. The lowest BCUT2D eigenvalue weighted by atomic mass is 9.89. The van der Waals surface area contributed by atoms with Crippen LogP contribution in [-0.2, 0) is 4.79 Å². The van der Waals surface area contributed by atoms with Crippen molar-refractivity contribution in [3.8, 4) is 0 Å². The maximum Gasteiger partial charge on any atom is 0.264 e. The third-order valence-corrected chi connectivity index (χ3v) is 5.34. The number of nitrogens with one attached hydrogen (secondary N) is 1. The molecule has 0 aromatic heterocycles. The second-order valence-corrected chi connectivity index (χ2v) is 6.39. The summed E-state index contributed by atoms with van der Waals surface area (Å²) in [6, 6.07) is 0.384. The van der Waals surface area contributed by atoms with E-state index in [0.717, 1.165) is 18.9 Å². The van der Waals surface area contributed by atoms with Crippen molar-refractivity contribution in [2.75, 3.05) is 6.54 Å². The van der Waals surface area contributed by atoms with Crippen LogP contribution >= 0.6 is 11.8 Å². The number of carbonyl (C=O) groups excluding carboxylic acids is 1. The van der Waals surface area contributed by atoms with E-state index >= 15 is 0 Å². The van der Waals surface area contributed by atoms with Crippen LogP contribution in [0.15, 0.2) is 4.99 Å². The summed E-state index contributed by atoms with van der Waals surface area (Å²) in [5.74, 6) is 0.924. The van der Waals surface area contributed by atoms with Crippen LogP contribution in [0.25, 0.3) is 0 Å². The van der Waals surface area contributed by atoms with E-state index in [0.29, 0.717) is 6.04 Å². The number of hydrogen-bond donors (Lipinski definition) is 1. The maximum absolute atomic E-state index is 11.6. The van der Waals surface area contributed by atoms with E-state index in [9.17, 15) is 4.79 Å². The van der Waals surface area contributed by atoms with Gasteiger partial charge in [0.1, 0.15) is 4.75 Å². The average Bonchev–Trinajstić information content (AvgIpc) is 2.90. The monoisotopic (exact) mass is 238 g/mol. The highest BCUT2D eigenvalue weighted by molar-refractivity contribution is 8.14. The molecule has 2 aliphatic carbocycles. The Bertz CT molecular complexity index is 325. The van der Waals surface area contributed by atoms with Gasteiger partial charge >= 0.3 is 0 Å². The molecule has 0 saturated heterocycles. The van der Waals surface area contributed by atoms with Crippen LogP contribution in [0.5, 0.6) is 0 Å². The second-order valence-electron chi connectivity index (χ2n) is 5.22. The minimum atomic E-state index is -0.186. The Labute approximate surface area is 100 Å². The number of thioether (sulfide) groups is 1. The van der Waals surface area contributed by atoms with Gasteiger partial charge < -0.3 is 5.32 Å². The summed E-state index contributed by atoms with van der Waals surface area (Å²) >= 11 is 1.61. The van der Waals surface area contributed by atoms with E-state index in [1.807, 2.05) is 0 Å². The van der Waals surface area contributed by atoms with Gasteiger partial charge in [0, 0.05) is 6.04 Å². The van der Waals surface area contributed by atoms with Gasteiger partial charge in [-0.3, -0.25) is 4.79 Å². The van der Waals surface area contributed by atoms with Gasteiger partial charge in [-0.1, -0.05) is 31.0 Å². The number of nitrogens with zero attached hydrogens (tertiary/aromatic N) is 1. The molecule has 2 unspecified atom stereocenters. The molecule has 2 atom stereocenters. The van der Waals surface area contributed by atoms with Crippen molar-refractivity contribution in [3.63, 3.8) is 0 Å². The van der Waals surface area contributed by atoms with E-state index in [4.69, 9.17) is 0 Å². The second kappa shape index (κ2) is 4.15. The first kappa shape index (κ1) is 10.8. The van der Waals surface area contributed by atoms with E-state index in [-0.39, 0.29) is 10.7 Å². The SMILES string of the molecule is O=C1N=CSC12CC2NCC1CCCCC1. The predicted octanol–water partition coefficient (Wildman–Crippen LogP) is 1.97. The molecule has 0 aromatic rings. The molecule has 88 valence electrons. The van der Waals surface area contributed by atoms with Gasteiger partial charge in [-0.2, -0.15) is 0 Å². The molecule has 1 N–H and O–H groups in total. The fourth-order valence-electron chi connectivity index (χ4n) is 2.88. The van der Waals surface area contributed by atoms with Crippen molar-refractivity contribution in [1.82, 2.24) is 5.32 Å². The smallest absolute Gasteiger partial charge is 0.264 e. The molecule has 1 heterocycles. The van der Waals surface area contributed by atoms with E-state index < -0.39 is 0 Å². The predicted molar refractivity (Wildman–Crippen MR) is 66.8 cm³/mol. The minimum absolute atomic E-state index is 0.0821. The number of hydrogen-bond acceptors (Lipinski definition) is 3. The first-order valence-corrected chi connectivity index (χ1v) is 7.17. The Morgan fingerprint density at radius 2 is 2.25 bits per heavy atom. The summed E-state index contributed by atoms with van der Waals surface area (Å²) in [4.78, 5) is 15.4. The van der Waals surface area contributed by atoms with Gasteiger partial charge in [-0.25, -0.2) is 4.99 Å². The van der Waals surface area contributed by atoms with Crippen molar-refractivity contribution in [3.05, 3.63) is 0 Å². The Hall–Kier alpha value is -0.350. The summed E-state index contributed by atoms with van der Waals surface area (Å²) < 4.78 is -0.186. The first-order chi connectivity index (χ1) is 7.81. The maximum atomic E-state index is 11.6. The van der Waals surface area contributed by atoms with Crippen molar-refractivity contribution < 1.29 is 4.79 Å². The molecular weight excluding hydrogens is 220 g/mol. The number of carbonyl (C=O) groups is 1. The zero-order valence-electron chi connectivity index (χ0n) is 9.45. The molecule has 0 radical (unpaired) electrons. The summed E-state index contributed by atoms with van der Waals surface area (Å²) in [6.45, 7) is 1.10. The standard InChI is InChI=1S/C12H18N2OS/c15-11-12(16-8-14-11)6-10(12)13-7-9-4-2-1-3-5-9/h8-10,13H,1-7H2. The molecule has 0 aromatic carbocycles. The number of aliphatic imine (C=N–C) groups is 1. The summed E-state index contributed by atoms with van der Waals surface area (Å²) in [5, 5.41) is 3.57. The van der Waals surface area contributed by atoms with Gasteiger partial charge in [0.2, 0.25) is 0 Å². The number of amides is 1. The normalized spacial score (nSPS) is 38.5. The molecule has 16 heavy (non-hydrogen) atoms. The van der Waals surface area contributed by atoms with Crippen LogP contribution in [0.4, 0.5) is 0 Å². The highest BCUT2D eigenvalue weighted by atomic mass is 32.2. The van der Waals surface area contributed by atoms with Crippen LogP contribution in [-0.4, -0.2) is 28.8 Å². The van der Waals surface area contributed by atoms with Crippen LogP contribution < -0.4 is 5.32 Å². The lowest BCUT2D eigenvalue weighted by Gasteiger charge is -2.22. The van der Waals surface area contributed by atoms with Crippen LogP contribution in [0, 0.1) is 5.92 Å². The highest BCUT2D eigenvalue weighted by Crippen LogP contribution is 2.51. The third kappa shape index (κ3) is 1.82. The molecule has 3 aliphatic rings. The molecule has 0 bridgehead atoms. The van der Waals surface area contributed by atoms with Crippen LogP contribution in [0.3, 0.4) is 0 Å². The largest absolute Gasteiger partial charge is 0.312 e. The zero-order valence-corrected chi connectivity index (χ0v) is 10.3. The summed E-state index contributed by atoms with van der Waals surface area (Å²) in [6.07, 6.45) is 7.89. The van der Waals surface area contributed by atoms with Gasteiger partial charge in [0.25, 0.3) is 5.91 Å². The molecule has 2 saturated carbocycles. The summed E-state index contributed by atoms with van der Waals surface area (Å²) in [7, 11) is 0. The Morgan fingerprint density at radius 1 is 1.44 bits per heavy atom. The molecular formula is C12H18N2OS. The van der Waals surface area contributed by atoms with Crippen LogP contribution in [0.1, 0.15) is 38.5 Å². The zero-order chi connectivity index (χ0) is 11.0. The van der Waals surface area contributed by atoms with Gasteiger partial charge in [0.05, 0.1) is 5.55 Å². The van der Waals surface area contributed by atoms with Gasteiger partial charge in [-0.15, -0.1) is 0 Å². The Morgan fingerprint density at radius 3 is 2.94 bits per heavy atom. The highest BCUT2D eigenvalue weighted by Gasteiger charge is 2.62. The first-order valence-electron chi connectivity index (χ1n) is 6.29. The molecule has 1 amide bonds. The quantitative estimate of drug-likeness (QED) is 0.817. The van der Waals surface area contributed by atoms with E-state index in [2.05, 4.69) is 10.3 Å². The van der Waals surface area contributed by atoms with Crippen molar-refractivity contribution >= 4 is 23.2 Å². The fourth-order valence-corrected chi connectivity index (χ4v) is 3.88. The average molecular weight is 238 g/mol. The fraction of sp³-hybridized carbons (Fsp3) is 0.833.